The van der Waals surface area contributed by atoms with Crippen molar-refractivity contribution >= 4 is 17.4 Å². The fraction of sp³-hybridized carbons (Fsp3) is 0.105. The lowest BCUT2D eigenvalue weighted by atomic mass is 10.1. The number of aromatic nitrogens is 2. The normalized spacial score (nSPS) is 11.3. The molecule has 148 valence electrons. The van der Waals surface area contributed by atoms with Crippen molar-refractivity contribution in [2.75, 3.05) is 0 Å². The monoisotopic (exact) mass is 396 g/mol. The van der Waals surface area contributed by atoms with E-state index in [2.05, 4.69) is 15.6 Å². The maximum atomic E-state index is 12.6. The van der Waals surface area contributed by atoms with Gasteiger partial charge in [0.25, 0.3) is 5.91 Å². The molecule has 1 aromatic heterocycles. The second-order valence-electron chi connectivity index (χ2n) is 6.14. The van der Waals surface area contributed by atoms with E-state index in [-0.39, 0.29) is 35.3 Å². The average molecular weight is 396 g/mol. The van der Waals surface area contributed by atoms with Crippen LogP contribution in [0, 0.1) is 4.91 Å². The number of aromatic hydroxyl groups is 2. The lowest BCUT2D eigenvalue weighted by Crippen LogP contribution is -2.23. The third-order valence-electron chi connectivity index (χ3n) is 4.07. The van der Waals surface area contributed by atoms with Gasteiger partial charge in [-0.3, -0.25) is 4.79 Å². The van der Waals surface area contributed by atoms with Crippen LogP contribution in [0.25, 0.3) is 0 Å². The minimum absolute atomic E-state index is 0.00484. The summed E-state index contributed by atoms with van der Waals surface area (Å²) in [7, 11) is 0. The largest absolute Gasteiger partial charge is 0.508 e. The van der Waals surface area contributed by atoms with Crippen LogP contribution in [-0.2, 0) is 6.54 Å². The summed E-state index contributed by atoms with van der Waals surface area (Å²) in [5.41, 5.74) is 3.78. The molecule has 1 amide bonds. The van der Waals surface area contributed by atoms with Crippen LogP contribution in [0.1, 0.15) is 28.5 Å². The molecule has 0 spiro atoms. The number of carbonyl (C=O) groups is 1. The molecule has 29 heavy (non-hydrogen) atoms. The number of nitrogens with zero attached hydrogens (tertiary/aromatic N) is 4. The molecule has 0 saturated heterocycles. The van der Waals surface area contributed by atoms with Gasteiger partial charge in [0.1, 0.15) is 11.5 Å². The minimum atomic E-state index is -0.667. The quantitative estimate of drug-likeness (QED) is 0.372. The van der Waals surface area contributed by atoms with Gasteiger partial charge < -0.3 is 15.4 Å². The summed E-state index contributed by atoms with van der Waals surface area (Å²) in [5.74, 6) is -1.31. The standard InChI is InChI=1S/C19H17N5O5/c1-12(15-8-7-14(25)9-17(15)26)20-21-19(27)16-10-18(24(28)29)22-23(16)11-13-5-3-2-4-6-13/h2-10H,11H2,1H3,(H3-,20,21,22,25,26,27,28,29)/p+1. The van der Waals surface area contributed by atoms with Gasteiger partial charge in [-0.25, -0.2) is 5.43 Å². The van der Waals surface area contributed by atoms with Crippen LogP contribution in [0.5, 0.6) is 11.5 Å². The van der Waals surface area contributed by atoms with Crippen molar-refractivity contribution in [1.29, 1.82) is 0 Å². The van der Waals surface area contributed by atoms with Gasteiger partial charge in [0.2, 0.25) is 0 Å². The van der Waals surface area contributed by atoms with Crippen molar-refractivity contribution in [1.82, 2.24) is 15.2 Å². The number of hydrogen-bond donors (Lipinski definition) is 4. The van der Waals surface area contributed by atoms with Gasteiger partial charge in [-0.15, -0.1) is 0 Å². The topological polar surface area (TPSA) is 140 Å². The summed E-state index contributed by atoms with van der Waals surface area (Å²) in [6, 6.07) is 14.3. The summed E-state index contributed by atoms with van der Waals surface area (Å²) >= 11 is 0. The summed E-state index contributed by atoms with van der Waals surface area (Å²) in [5, 5.41) is 36.2. The van der Waals surface area contributed by atoms with E-state index < -0.39 is 10.8 Å². The van der Waals surface area contributed by atoms with Gasteiger partial charge in [0, 0.05) is 11.6 Å². The second-order valence-corrected chi connectivity index (χ2v) is 6.14. The first-order valence-electron chi connectivity index (χ1n) is 8.50. The van der Waals surface area contributed by atoms with E-state index in [0.29, 0.717) is 5.56 Å². The molecular weight excluding hydrogens is 378 g/mol. The Bertz CT molecular complexity index is 1090. The first-order chi connectivity index (χ1) is 13.8. The molecule has 0 bridgehead atoms. The molecule has 0 saturated carbocycles. The Labute approximate surface area is 164 Å². The molecule has 4 N–H and O–H groups in total. The molecule has 10 nitrogen and oxygen atoms in total. The van der Waals surface area contributed by atoms with Crippen molar-refractivity contribution in [2.45, 2.75) is 13.5 Å². The van der Waals surface area contributed by atoms with Crippen molar-refractivity contribution < 1.29 is 25.1 Å². The number of amides is 1. The predicted molar refractivity (Wildman–Crippen MR) is 102 cm³/mol. The molecule has 0 radical (unpaired) electrons. The molecule has 0 aliphatic heterocycles. The highest BCUT2D eigenvalue weighted by atomic mass is 16.6. The van der Waals surface area contributed by atoms with Gasteiger partial charge in [0.15, 0.2) is 10.6 Å². The highest BCUT2D eigenvalue weighted by Crippen LogP contribution is 2.23. The first kappa shape index (κ1) is 19.5. The van der Waals surface area contributed by atoms with Gasteiger partial charge in [-0.05, 0) is 29.5 Å². The van der Waals surface area contributed by atoms with E-state index in [4.69, 9.17) is 5.21 Å². The summed E-state index contributed by atoms with van der Waals surface area (Å²) in [6.07, 6.45) is 0. The molecule has 0 fully saturated rings. The van der Waals surface area contributed by atoms with Crippen molar-refractivity contribution in [3.8, 4) is 11.5 Å². The third-order valence-corrected chi connectivity index (χ3v) is 4.07. The smallest absolute Gasteiger partial charge is 0.434 e. The minimum Gasteiger partial charge on any atom is -0.508 e. The third kappa shape index (κ3) is 4.56. The number of hydrazone groups is 1. The highest BCUT2D eigenvalue weighted by molar-refractivity contribution is 6.02. The lowest BCUT2D eigenvalue weighted by Gasteiger charge is -2.06. The van der Waals surface area contributed by atoms with Crippen LogP contribution in [-0.4, -0.2) is 41.7 Å². The van der Waals surface area contributed by atoms with E-state index in [9.17, 15) is 19.9 Å². The molecule has 3 aromatic rings. The Morgan fingerprint density at radius 1 is 1.17 bits per heavy atom. The van der Waals surface area contributed by atoms with Crippen LogP contribution in [0.15, 0.2) is 59.7 Å². The highest BCUT2D eigenvalue weighted by Gasteiger charge is 2.26. The number of phenolic OH excluding ortho intramolecular Hbond substituents is 2. The number of hydrogen-bond acceptors (Lipinski definition) is 6. The Morgan fingerprint density at radius 3 is 2.55 bits per heavy atom. The number of rotatable bonds is 6. The Hall–Kier alpha value is -4.21. The van der Waals surface area contributed by atoms with Gasteiger partial charge in [-0.2, -0.15) is 9.78 Å². The van der Waals surface area contributed by atoms with Gasteiger partial charge in [0.05, 0.1) is 23.4 Å². The molecule has 0 aliphatic rings. The van der Waals surface area contributed by atoms with Crippen LogP contribution < -0.4 is 5.43 Å². The predicted octanol–water partition coefficient (Wildman–Crippen LogP) is 2.30. The first-order valence-corrected chi connectivity index (χ1v) is 8.50. The van der Waals surface area contributed by atoms with Crippen molar-refractivity contribution in [3.05, 3.63) is 76.3 Å². The van der Waals surface area contributed by atoms with E-state index in [1.165, 1.54) is 16.8 Å². The molecule has 1 heterocycles. The summed E-state index contributed by atoms with van der Waals surface area (Å²) < 4.78 is 1.27. The number of phenols is 2. The van der Waals surface area contributed by atoms with Crippen LogP contribution in [0.4, 0.5) is 5.82 Å². The molecular formula is C19H18N5O5+. The Kier molecular flexibility index (Phi) is 5.54. The number of carbonyl (C=O) groups excluding carboxylic acids is 1. The Balaban J connectivity index is 1.85. The maximum Gasteiger partial charge on any atom is 0.434 e. The van der Waals surface area contributed by atoms with Crippen LogP contribution in [0.2, 0.25) is 0 Å². The molecule has 3 rings (SSSR count). The molecule has 10 heteroatoms. The fourth-order valence-corrected chi connectivity index (χ4v) is 2.63. The van der Waals surface area contributed by atoms with Gasteiger partial charge in [-0.1, -0.05) is 30.3 Å². The zero-order valence-corrected chi connectivity index (χ0v) is 15.4. The number of benzene rings is 2. The average Bonchev–Trinajstić information content (AvgIpc) is 3.11. The zero-order chi connectivity index (χ0) is 21.0. The van der Waals surface area contributed by atoms with E-state index >= 15 is 0 Å². The Morgan fingerprint density at radius 2 is 1.90 bits per heavy atom. The maximum absolute atomic E-state index is 12.6. The van der Waals surface area contributed by atoms with Gasteiger partial charge >= 0.3 is 5.82 Å². The lowest BCUT2D eigenvalue weighted by molar-refractivity contribution is -0.732. The van der Waals surface area contributed by atoms with Crippen LogP contribution >= 0.6 is 0 Å². The molecule has 0 unspecified atom stereocenters. The SMILES string of the molecule is C/C(=N\NC(=O)c1cc([N+](=O)O)nn1Cc1ccccc1)c1ccc(O)cc1O. The van der Waals surface area contributed by atoms with Crippen molar-refractivity contribution in [3.63, 3.8) is 0 Å². The van der Waals surface area contributed by atoms with E-state index in [0.717, 1.165) is 17.7 Å². The molecule has 0 aliphatic carbocycles. The summed E-state index contributed by atoms with van der Waals surface area (Å²) in [6.45, 7) is 1.76. The molecule has 2 aromatic carbocycles. The summed E-state index contributed by atoms with van der Waals surface area (Å²) in [4.78, 5) is 23.3. The molecule has 0 atom stereocenters. The second kappa shape index (κ2) is 8.21. The van der Waals surface area contributed by atoms with Crippen LogP contribution in [0.3, 0.4) is 0 Å². The van der Waals surface area contributed by atoms with E-state index in [1.807, 2.05) is 30.3 Å². The van der Waals surface area contributed by atoms with Crippen molar-refractivity contribution in [2.24, 2.45) is 5.10 Å². The van der Waals surface area contributed by atoms with E-state index in [1.54, 1.807) is 6.92 Å². The fourth-order valence-electron chi connectivity index (χ4n) is 2.63. The zero-order valence-electron chi connectivity index (χ0n) is 15.4. The number of nitrogens with one attached hydrogen (secondary N) is 1.